The van der Waals surface area contributed by atoms with E-state index < -0.39 is 5.41 Å². The van der Waals surface area contributed by atoms with Crippen molar-refractivity contribution in [3.05, 3.63) is 119 Å². The lowest BCUT2D eigenvalue weighted by atomic mass is 9.66. The van der Waals surface area contributed by atoms with Gasteiger partial charge in [-0.25, -0.2) is 0 Å². The highest BCUT2D eigenvalue weighted by atomic mass is 16.5. The summed E-state index contributed by atoms with van der Waals surface area (Å²) in [6.07, 6.45) is 8.11. The second-order valence-corrected chi connectivity index (χ2v) is 10.5. The Morgan fingerprint density at radius 1 is 0.872 bits per heavy atom. The molecule has 5 heteroatoms. The van der Waals surface area contributed by atoms with E-state index in [2.05, 4.69) is 11.9 Å². The van der Waals surface area contributed by atoms with Crippen LogP contribution < -0.4 is 14.2 Å². The summed E-state index contributed by atoms with van der Waals surface area (Å²) < 4.78 is 18.3. The van der Waals surface area contributed by atoms with Gasteiger partial charge < -0.3 is 14.2 Å². The first kappa shape index (κ1) is 25.2. The molecule has 39 heavy (non-hydrogen) atoms. The Hall–Kier alpha value is -4.12. The maximum absolute atomic E-state index is 14.5. The third-order valence-corrected chi connectivity index (χ3v) is 8.34. The van der Waals surface area contributed by atoms with E-state index in [1.165, 1.54) is 12.8 Å². The Bertz CT molecular complexity index is 1460. The Kier molecular flexibility index (Phi) is 6.82. The molecular formula is C34H33NO4. The average molecular weight is 520 g/mol. The highest BCUT2D eigenvalue weighted by Gasteiger charge is 2.53. The summed E-state index contributed by atoms with van der Waals surface area (Å²) in [6, 6.07) is 25.8. The predicted molar refractivity (Wildman–Crippen MR) is 151 cm³/mol. The summed E-state index contributed by atoms with van der Waals surface area (Å²) >= 11 is 0. The minimum absolute atomic E-state index is 0.0720. The number of ketones is 1. The lowest BCUT2D eigenvalue weighted by molar-refractivity contribution is 0.0917. The lowest BCUT2D eigenvalue weighted by Crippen LogP contribution is -2.37. The van der Waals surface area contributed by atoms with Crippen molar-refractivity contribution in [2.75, 3.05) is 7.11 Å². The first-order valence-corrected chi connectivity index (χ1v) is 13.7. The van der Waals surface area contributed by atoms with Crippen LogP contribution in [0.4, 0.5) is 0 Å². The number of ether oxygens (including phenoxy) is 3. The minimum Gasteiger partial charge on any atom is -0.493 e. The van der Waals surface area contributed by atoms with Crippen molar-refractivity contribution < 1.29 is 19.0 Å². The molecule has 0 N–H and O–H groups in total. The van der Waals surface area contributed by atoms with E-state index in [0.29, 0.717) is 18.1 Å². The van der Waals surface area contributed by atoms with E-state index in [4.69, 9.17) is 14.2 Å². The van der Waals surface area contributed by atoms with Crippen LogP contribution in [0.5, 0.6) is 17.2 Å². The lowest BCUT2D eigenvalue weighted by Gasteiger charge is -2.34. The van der Waals surface area contributed by atoms with E-state index in [-0.39, 0.29) is 17.8 Å². The van der Waals surface area contributed by atoms with Crippen molar-refractivity contribution in [2.24, 2.45) is 0 Å². The van der Waals surface area contributed by atoms with Crippen molar-refractivity contribution in [3.8, 4) is 17.2 Å². The van der Waals surface area contributed by atoms with E-state index in [9.17, 15) is 4.79 Å². The van der Waals surface area contributed by atoms with Crippen LogP contribution in [-0.4, -0.2) is 24.0 Å². The minimum atomic E-state index is -0.927. The quantitative estimate of drug-likeness (QED) is 0.245. The van der Waals surface area contributed by atoms with E-state index in [1.54, 1.807) is 19.5 Å². The van der Waals surface area contributed by atoms with Gasteiger partial charge in [-0.1, -0.05) is 43.3 Å². The summed E-state index contributed by atoms with van der Waals surface area (Å²) in [6.45, 7) is 2.60. The molecule has 0 spiro atoms. The van der Waals surface area contributed by atoms with Gasteiger partial charge in [-0.2, -0.15) is 0 Å². The van der Waals surface area contributed by atoms with Gasteiger partial charge in [0.1, 0.15) is 12.4 Å². The third kappa shape index (κ3) is 4.46. The number of methoxy groups -OCH3 is 1. The molecule has 1 fully saturated rings. The molecule has 2 aliphatic carbocycles. The second-order valence-electron chi connectivity index (χ2n) is 10.5. The molecule has 0 aliphatic heterocycles. The van der Waals surface area contributed by atoms with Crippen LogP contribution in [0.1, 0.15) is 71.1 Å². The van der Waals surface area contributed by atoms with Gasteiger partial charge in [0.15, 0.2) is 17.3 Å². The molecule has 1 heterocycles. The van der Waals surface area contributed by atoms with Gasteiger partial charge in [0.2, 0.25) is 0 Å². The van der Waals surface area contributed by atoms with Gasteiger partial charge in [-0.05, 0) is 90.4 Å². The second kappa shape index (κ2) is 10.6. The molecular weight excluding hydrogens is 486 g/mol. The fourth-order valence-electron chi connectivity index (χ4n) is 6.32. The summed E-state index contributed by atoms with van der Waals surface area (Å²) in [5, 5.41) is 0. The monoisotopic (exact) mass is 519 g/mol. The number of hydrogen-bond donors (Lipinski definition) is 0. The topological polar surface area (TPSA) is 57.7 Å². The molecule has 6 rings (SSSR count). The molecule has 3 aromatic carbocycles. The average Bonchev–Trinajstić information content (AvgIpc) is 3.57. The number of pyridine rings is 1. The Morgan fingerprint density at radius 3 is 2.38 bits per heavy atom. The van der Waals surface area contributed by atoms with Gasteiger partial charge in [-0.15, -0.1) is 0 Å². The Labute approximate surface area is 229 Å². The summed E-state index contributed by atoms with van der Waals surface area (Å²) in [5.74, 6) is 2.06. The number of hydrogen-bond acceptors (Lipinski definition) is 5. The molecule has 2 atom stereocenters. The number of rotatable bonds is 8. The van der Waals surface area contributed by atoms with Crippen molar-refractivity contribution in [1.29, 1.82) is 0 Å². The molecule has 0 amide bonds. The van der Waals surface area contributed by atoms with E-state index in [0.717, 1.165) is 46.4 Å². The Balaban J connectivity index is 1.42. The zero-order valence-corrected chi connectivity index (χ0v) is 22.4. The first-order valence-electron chi connectivity index (χ1n) is 13.7. The van der Waals surface area contributed by atoms with Crippen LogP contribution in [0, 0.1) is 0 Å². The molecule has 0 radical (unpaired) electrons. The smallest absolute Gasteiger partial charge is 0.178 e. The normalized spacial score (nSPS) is 20.6. The molecule has 5 nitrogen and oxygen atoms in total. The van der Waals surface area contributed by atoms with Crippen LogP contribution in [0.3, 0.4) is 0 Å². The number of fused-ring (bicyclic) bond motifs is 1. The molecule has 1 saturated carbocycles. The fourth-order valence-corrected chi connectivity index (χ4v) is 6.32. The largest absolute Gasteiger partial charge is 0.493 e. The third-order valence-electron chi connectivity index (χ3n) is 8.34. The van der Waals surface area contributed by atoms with Gasteiger partial charge in [0.05, 0.1) is 18.6 Å². The number of carbonyl (C=O) groups is 1. The van der Waals surface area contributed by atoms with Gasteiger partial charge in [0, 0.05) is 23.9 Å². The van der Waals surface area contributed by atoms with Crippen LogP contribution in [0.25, 0.3) is 0 Å². The molecule has 0 saturated heterocycles. The summed E-state index contributed by atoms with van der Waals surface area (Å²) in [4.78, 5) is 18.7. The van der Waals surface area contributed by atoms with Gasteiger partial charge in [0.25, 0.3) is 0 Å². The number of nitrogens with zero attached hydrogens (tertiary/aromatic N) is 1. The molecule has 0 bridgehead atoms. The Morgan fingerprint density at radius 2 is 1.64 bits per heavy atom. The van der Waals surface area contributed by atoms with Crippen molar-refractivity contribution >= 4 is 5.78 Å². The van der Waals surface area contributed by atoms with Crippen LogP contribution in [0.2, 0.25) is 0 Å². The highest BCUT2D eigenvalue weighted by Crippen LogP contribution is 2.54. The zero-order chi connectivity index (χ0) is 26.8. The number of carbonyl (C=O) groups excluding carboxylic acids is 1. The van der Waals surface area contributed by atoms with Crippen molar-refractivity contribution in [1.82, 2.24) is 4.98 Å². The maximum Gasteiger partial charge on any atom is 0.178 e. The van der Waals surface area contributed by atoms with Gasteiger partial charge in [-0.3, -0.25) is 9.78 Å². The number of benzene rings is 3. The van der Waals surface area contributed by atoms with Crippen LogP contribution in [-0.2, 0) is 12.0 Å². The number of Topliss-reactive ketones (excluding diaryl/α,β-unsaturated/α-hetero) is 1. The van der Waals surface area contributed by atoms with Crippen molar-refractivity contribution in [3.63, 3.8) is 0 Å². The predicted octanol–water partition coefficient (Wildman–Crippen LogP) is 7.28. The molecule has 2 aliphatic rings. The van der Waals surface area contributed by atoms with Crippen LogP contribution in [0.15, 0.2) is 91.3 Å². The molecule has 198 valence electrons. The summed E-state index contributed by atoms with van der Waals surface area (Å²) in [5.41, 5.74) is 3.68. The highest BCUT2D eigenvalue weighted by molar-refractivity contribution is 6.12. The first-order chi connectivity index (χ1) is 19.1. The zero-order valence-electron chi connectivity index (χ0n) is 22.4. The van der Waals surface area contributed by atoms with Crippen LogP contribution >= 0.6 is 0 Å². The SMILES string of the molecule is COc1ccc(C2(c3ccncc3)C(=O)c3ccc(OCc4ccccc4)cc3C2C)cc1OC1CCCC1. The maximum atomic E-state index is 14.5. The standard InChI is InChI=1S/C34H33NO4/c1-23-30-21-28(38-22-24-8-4-3-5-9-24)13-14-29(30)33(36)34(23,25-16-18-35-19-17-25)26-12-15-31(37-2)32(20-26)39-27-10-6-7-11-27/h3-5,8-9,12-21,23,27H,6-7,10-11,22H2,1-2H3. The van der Waals surface area contributed by atoms with Gasteiger partial charge >= 0.3 is 0 Å². The fraction of sp³-hybridized carbons (Fsp3) is 0.294. The summed E-state index contributed by atoms with van der Waals surface area (Å²) in [7, 11) is 1.66. The number of aromatic nitrogens is 1. The molecule has 1 aromatic heterocycles. The van der Waals surface area contributed by atoms with Crippen molar-refractivity contribution in [2.45, 2.75) is 56.7 Å². The molecule has 2 unspecified atom stereocenters. The molecule has 4 aromatic rings. The van der Waals surface area contributed by atoms with E-state index >= 15 is 0 Å². The van der Waals surface area contributed by atoms with E-state index in [1.807, 2.05) is 78.9 Å².